The molecule has 6 heteroatoms. The molecule has 0 bridgehead atoms. The highest BCUT2D eigenvalue weighted by atomic mass is 32.1. The number of primary amides is 1. The van der Waals surface area contributed by atoms with Gasteiger partial charge in [-0.05, 0) is 57.4 Å². The van der Waals surface area contributed by atoms with Gasteiger partial charge in [0.1, 0.15) is 0 Å². The predicted molar refractivity (Wildman–Crippen MR) is 95.7 cm³/mol. The molecule has 3 heterocycles. The molecule has 24 heavy (non-hydrogen) atoms. The number of likely N-dealkylation sites (tertiary alicyclic amines) is 1. The second-order valence-electron chi connectivity index (χ2n) is 6.49. The van der Waals surface area contributed by atoms with Crippen molar-refractivity contribution in [1.82, 2.24) is 14.9 Å². The number of rotatable bonds is 6. The molecule has 1 amide bonds. The van der Waals surface area contributed by atoms with Gasteiger partial charge in [0.05, 0.1) is 22.4 Å². The Labute approximate surface area is 146 Å². The average Bonchev–Trinajstić information content (AvgIpc) is 3.14. The summed E-state index contributed by atoms with van der Waals surface area (Å²) in [5.74, 6) is -0.257. The van der Waals surface area contributed by atoms with E-state index in [1.165, 1.54) is 6.42 Å². The molecular weight excluding hydrogens is 320 g/mol. The monoisotopic (exact) mass is 344 g/mol. The average molecular weight is 344 g/mol. The van der Waals surface area contributed by atoms with Crippen LogP contribution >= 0.6 is 11.3 Å². The second-order valence-corrected chi connectivity index (χ2v) is 7.56. The van der Waals surface area contributed by atoms with E-state index in [-0.39, 0.29) is 5.91 Å². The molecule has 0 saturated carbocycles. The zero-order valence-electron chi connectivity index (χ0n) is 14.3. The number of aromatic nitrogens is 2. The summed E-state index contributed by atoms with van der Waals surface area (Å²) in [5, 5.41) is 3.26. The van der Waals surface area contributed by atoms with Crippen LogP contribution in [0.25, 0.3) is 0 Å². The van der Waals surface area contributed by atoms with Crippen LogP contribution in [0, 0.1) is 13.8 Å². The number of carbonyl (C=O) groups excluding carboxylic acids is 1. The molecule has 2 aromatic rings. The lowest BCUT2D eigenvalue weighted by atomic mass is 10.0. The van der Waals surface area contributed by atoms with Crippen LogP contribution in [0.3, 0.4) is 0 Å². The Hall–Kier alpha value is -1.79. The summed E-state index contributed by atoms with van der Waals surface area (Å²) in [7, 11) is 0. The summed E-state index contributed by atoms with van der Waals surface area (Å²) in [6.45, 7) is 6.01. The highest BCUT2D eigenvalue weighted by molar-refractivity contribution is 7.09. The van der Waals surface area contributed by atoms with Gasteiger partial charge in [-0.1, -0.05) is 0 Å². The number of hydrogen-bond donors (Lipinski definition) is 1. The third kappa shape index (κ3) is 4.19. The normalized spacial score (nSPS) is 18.2. The van der Waals surface area contributed by atoms with E-state index in [0.717, 1.165) is 47.2 Å². The summed E-state index contributed by atoms with van der Waals surface area (Å²) in [6.07, 6.45) is 3.37. The van der Waals surface area contributed by atoms with Crippen molar-refractivity contribution in [1.29, 1.82) is 0 Å². The summed E-state index contributed by atoms with van der Waals surface area (Å²) < 4.78 is 0. The molecule has 2 aromatic heterocycles. The number of thiazole rings is 1. The van der Waals surface area contributed by atoms with Gasteiger partial charge in [0.2, 0.25) is 5.91 Å². The minimum atomic E-state index is -0.257. The van der Waals surface area contributed by atoms with E-state index in [1.54, 1.807) is 11.3 Å². The number of nitrogens with two attached hydrogens (primary N) is 1. The number of carbonyl (C=O) groups is 1. The van der Waals surface area contributed by atoms with Crippen molar-refractivity contribution >= 4 is 17.2 Å². The first-order valence-corrected chi connectivity index (χ1v) is 9.30. The van der Waals surface area contributed by atoms with E-state index in [9.17, 15) is 4.79 Å². The van der Waals surface area contributed by atoms with Crippen molar-refractivity contribution in [3.63, 3.8) is 0 Å². The SMILES string of the molecule is Cc1cc(CCC(N)=O)cc(C2CCCN2Cc2csc(C)n2)n1. The third-order valence-corrected chi connectivity index (χ3v) is 5.25. The Bertz CT molecular complexity index is 728. The predicted octanol–water partition coefficient (Wildman–Crippen LogP) is 2.91. The lowest BCUT2D eigenvalue weighted by molar-refractivity contribution is -0.117. The van der Waals surface area contributed by atoms with Crippen molar-refractivity contribution in [3.05, 3.63) is 45.2 Å². The zero-order valence-corrected chi connectivity index (χ0v) is 15.1. The molecule has 1 aliphatic heterocycles. The molecule has 1 atom stereocenters. The molecule has 1 fully saturated rings. The van der Waals surface area contributed by atoms with E-state index in [2.05, 4.69) is 27.4 Å². The molecule has 0 aromatic carbocycles. The standard InChI is InChI=1S/C18H24N4OS/c1-12-8-14(5-6-18(19)23)9-16(20-12)17-4-3-7-22(17)10-15-11-24-13(2)21-15/h8-9,11,17H,3-7,10H2,1-2H3,(H2,19,23). The topological polar surface area (TPSA) is 72.1 Å². The number of pyridine rings is 1. The van der Waals surface area contributed by atoms with Crippen LogP contribution in [0.4, 0.5) is 0 Å². The smallest absolute Gasteiger partial charge is 0.217 e. The molecule has 2 N–H and O–H groups in total. The van der Waals surface area contributed by atoms with Gasteiger partial charge < -0.3 is 5.73 Å². The molecule has 1 unspecified atom stereocenters. The first-order chi connectivity index (χ1) is 11.5. The van der Waals surface area contributed by atoms with Gasteiger partial charge in [0.15, 0.2) is 0 Å². The summed E-state index contributed by atoms with van der Waals surface area (Å²) in [5.41, 5.74) is 9.68. The zero-order chi connectivity index (χ0) is 17.1. The number of aryl methyl sites for hydroxylation is 3. The Balaban J connectivity index is 1.77. The van der Waals surface area contributed by atoms with Crippen LogP contribution in [0.1, 0.15) is 53.0 Å². The van der Waals surface area contributed by atoms with Gasteiger partial charge in [-0.25, -0.2) is 4.98 Å². The van der Waals surface area contributed by atoms with Gasteiger partial charge in [-0.15, -0.1) is 11.3 Å². The van der Waals surface area contributed by atoms with E-state index < -0.39 is 0 Å². The van der Waals surface area contributed by atoms with Crippen LogP contribution in [0.2, 0.25) is 0 Å². The molecule has 3 rings (SSSR count). The summed E-state index contributed by atoms with van der Waals surface area (Å²) in [6, 6.07) is 4.53. The lowest BCUT2D eigenvalue weighted by Crippen LogP contribution is -2.24. The van der Waals surface area contributed by atoms with Crippen LogP contribution in [0.15, 0.2) is 17.5 Å². The largest absolute Gasteiger partial charge is 0.370 e. The Morgan fingerprint density at radius 2 is 2.21 bits per heavy atom. The summed E-state index contributed by atoms with van der Waals surface area (Å²) >= 11 is 1.70. The van der Waals surface area contributed by atoms with Gasteiger partial charge in [0, 0.05) is 24.0 Å². The van der Waals surface area contributed by atoms with Crippen molar-refractivity contribution in [2.75, 3.05) is 6.54 Å². The highest BCUT2D eigenvalue weighted by Gasteiger charge is 2.28. The van der Waals surface area contributed by atoms with Gasteiger partial charge >= 0.3 is 0 Å². The first kappa shape index (κ1) is 17.0. The molecule has 5 nitrogen and oxygen atoms in total. The van der Waals surface area contributed by atoms with E-state index in [4.69, 9.17) is 10.7 Å². The molecule has 0 radical (unpaired) electrons. The highest BCUT2D eigenvalue weighted by Crippen LogP contribution is 2.33. The Morgan fingerprint density at radius 1 is 1.38 bits per heavy atom. The van der Waals surface area contributed by atoms with Crippen LogP contribution < -0.4 is 5.73 Å². The van der Waals surface area contributed by atoms with Crippen LogP contribution in [0.5, 0.6) is 0 Å². The molecule has 1 saturated heterocycles. The van der Waals surface area contributed by atoms with Crippen molar-refractivity contribution in [3.8, 4) is 0 Å². The minimum absolute atomic E-state index is 0.257. The van der Waals surface area contributed by atoms with Crippen molar-refractivity contribution in [2.45, 2.75) is 52.1 Å². The van der Waals surface area contributed by atoms with Gasteiger partial charge in [0.25, 0.3) is 0 Å². The maximum atomic E-state index is 11.0. The fraction of sp³-hybridized carbons (Fsp3) is 0.500. The third-order valence-electron chi connectivity index (χ3n) is 4.43. The van der Waals surface area contributed by atoms with Gasteiger partial charge in [-0.2, -0.15) is 0 Å². The van der Waals surface area contributed by atoms with Crippen molar-refractivity contribution in [2.24, 2.45) is 5.73 Å². The molecule has 0 aliphatic carbocycles. The van der Waals surface area contributed by atoms with Crippen molar-refractivity contribution < 1.29 is 4.79 Å². The lowest BCUT2D eigenvalue weighted by Gasteiger charge is -2.24. The maximum Gasteiger partial charge on any atom is 0.217 e. The second kappa shape index (κ2) is 7.40. The Kier molecular flexibility index (Phi) is 5.26. The maximum absolute atomic E-state index is 11.0. The minimum Gasteiger partial charge on any atom is -0.370 e. The quantitative estimate of drug-likeness (QED) is 0.874. The molecule has 128 valence electrons. The number of nitrogens with zero attached hydrogens (tertiary/aromatic N) is 3. The van der Waals surface area contributed by atoms with Gasteiger partial charge in [-0.3, -0.25) is 14.7 Å². The first-order valence-electron chi connectivity index (χ1n) is 8.42. The van der Waals surface area contributed by atoms with E-state index in [1.807, 2.05) is 13.8 Å². The molecule has 0 spiro atoms. The Morgan fingerprint density at radius 3 is 2.92 bits per heavy atom. The van der Waals surface area contributed by atoms with E-state index in [0.29, 0.717) is 18.9 Å². The summed E-state index contributed by atoms with van der Waals surface area (Å²) in [4.78, 5) is 22.9. The molecular formula is C18H24N4OS. The molecule has 1 aliphatic rings. The number of amides is 1. The van der Waals surface area contributed by atoms with Crippen LogP contribution in [-0.4, -0.2) is 27.3 Å². The fourth-order valence-electron chi connectivity index (χ4n) is 3.39. The number of hydrogen-bond acceptors (Lipinski definition) is 5. The van der Waals surface area contributed by atoms with Crippen LogP contribution in [-0.2, 0) is 17.8 Å². The fourth-order valence-corrected chi connectivity index (χ4v) is 3.99. The van der Waals surface area contributed by atoms with E-state index >= 15 is 0 Å².